The summed E-state index contributed by atoms with van der Waals surface area (Å²) >= 11 is 9.21. The first-order chi connectivity index (χ1) is 16.8. The molecule has 2 heterocycles. The summed E-state index contributed by atoms with van der Waals surface area (Å²) in [5.41, 5.74) is 1.20. The van der Waals surface area contributed by atoms with E-state index in [1.165, 1.54) is 7.11 Å². The van der Waals surface area contributed by atoms with Crippen molar-refractivity contribution >= 4 is 69.1 Å². The van der Waals surface area contributed by atoms with Gasteiger partial charge < -0.3 is 23.7 Å². The van der Waals surface area contributed by atoms with Crippen LogP contribution in [0.5, 0.6) is 23.0 Å². The van der Waals surface area contributed by atoms with E-state index in [-0.39, 0.29) is 24.8 Å². The van der Waals surface area contributed by atoms with Crippen molar-refractivity contribution in [3.63, 3.8) is 0 Å². The molecule has 2 aromatic rings. The van der Waals surface area contributed by atoms with Crippen LogP contribution >= 0.6 is 46.0 Å². The fraction of sp³-hybridized carbons (Fsp3) is 0.261. The summed E-state index contributed by atoms with van der Waals surface area (Å²) in [4.78, 5) is 38.5. The molecule has 12 heteroatoms. The van der Waals surface area contributed by atoms with E-state index < -0.39 is 17.1 Å². The minimum Gasteiger partial charge on any atom is -0.490 e. The molecule has 1 saturated heterocycles. The van der Waals surface area contributed by atoms with Crippen LogP contribution in [0.4, 0.5) is 4.79 Å². The molecule has 0 atom stereocenters. The van der Waals surface area contributed by atoms with Gasteiger partial charge in [-0.05, 0) is 76.7 Å². The second-order valence-corrected chi connectivity index (χ2v) is 9.76. The summed E-state index contributed by atoms with van der Waals surface area (Å²) < 4.78 is 27.2. The number of thioether (sulfide) groups is 1. The smallest absolute Gasteiger partial charge is 0.343 e. The van der Waals surface area contributed by atoms with Crippen molar-refractivity contribution in [3.05, 3.63) is 48.9 Å². The van der Waals surface area contributed by atoms with Crippen LogP contribution in [-0.4, -0.2) is 49.1 Å². The van der Waals surface area contributed by atoms with Gasteiger partial charge in [-0.2, -0.15) is 0 Å². The maximum atomic E-state index is 13.1. The Labute approximate surface area is 223 Å². The van der Waals surface area contributed by atoms with E-state index in [9.17, 15) is 14.4 Å². The van der Waals surface area contributed by atoms with Crippen molar-refractivity contribution in [1.82, 2.24) is 4.90 Å². The molecule has 0 saturated carbocycles. The van der Waals surface area contributed by atoms with Crippen LogP contribution < -0.4 is 18.9 Å². The third-order valence-electron chi connectivity index (χ3n) is 4.94. The van der Waals surface area contributed by atoms with E-state index in [4.69, 9.17) is 30.5 Å². The molecule has 0 spiro atoms. The zero-order chi connectivity index (χ0) is 25.1. The SMILES string of the molecule is CCOc1cc(/C=C2/SC(=O)N(Cc3cc4c(cc3Cl)OCO4)C2=O)cc(I)c1OCC(=O)OC. The number of esters is 1. The molecule has 4 rings (SSSR count). The molecular weight excluding hydrogens is 613 g/mol. The first-order valence-corrected chi connectivity index (χ1v) is 12.6. The normalized spacial score (nSPS) is 15.7. The van der Waals surface area contributed by atoms with Gasteiger partial charge in [0.2, 0.25) is 6.79 Å². The average Bonchev–Trinajstić information content (AvgIpc) is 3.37. The second-order valence-electron chi connectivity index (χ2n) is 7.19. The van der Waals surface area contributed by atoms with Gasteiger partial charge in [-0.15, -0.1) is 0 Å². The lowest BCUT2D eigenvalue weighted by Crippen LogP contribution is -2.27. The van der Waals surface area contributed by atoms with Crippen LogP contribution in [0.1, 0.15) is 18.1 Å². The first-order valence-electron chi connectivity index (χ1n) is 10.3. The zero-order valence-electron chi connectivity index (χ0n) is 18.6. The molecule has 2 aromatic carbocycles. The van der Waals surface area contributed by atoms with Crippen LogP contribution in [0, 0.1) is 3.57 Å². The molecule has 0 N–H and O–H groups in total. The number of methoxy groups -OCH3 is 1. The first kappa shape index (κ1) is 25.5. The molecule has 0 aliphatic carbocycles. The molecule has 2 aliphatic rings. The third-order valence-corrected chi connectivity index (χ3v) is 7.00. The number of halogens is 2. The summed E-state index contributed by atoms with van der Waals surface area (Å²) in [6, 6.07) is 6.72. The number of rotatable bonds is 8. The van der Waals surface area contributed by atoms with Crippen LogP contribution in [0.2, 0.25) is 5.02 Å². The molecule has 0 radical (unpaired) electrons. The monoisotopic (exact) mass is 631 g/mol. The number of hydrogen-bond acceptors (Lipinski definition) is 9. The predicted molar refractivity (Wildman–Crippen MR) is 137 cm³/mol. The van der Waals surface area contributed by atoms with Crippen LogP contribution in [0.25, 0.3) is 6.08 Å². The van der Waals surface area contributed by atoms with Gasteiger partial charge in [-0.1, -0.05) is 11.6 Å². The highest BCUT2D eigenvalue weighted by molar-refractivity contribution is 14.1. The summed E-state index contributed by atoms with van der Waals surface area (Å²) in [6.07, 6.45) is 1.61. The molecule has 0 aromatic heterocycles. The van der Waals surface area contributed by atoms with Crippen LogP contribution in [-0.2, 0) is 20.9 Å². The Morgan fingerprint density at radius 2 is 1.94 bits per heavy atom. The molecule has 1 fully saturated rings. The topological polar surface area (TPSA) is 101 Å². The number of amides is 2. The molecule has 0 bridgehead atoms. The number of imide groups is 1. The predicted octanol–water partition coefficient (Wildman–Crippen LogP) is 4.86. The van der Waals surface area contributed by atoms with Gasteiger partial charge in [0.05, 0.1) is 28.7 Å². The Morgan fingerprint density at radius 1 is 1.20 bits per heavy atom. The third kappa shape index (κ3) is 5.62. The second kappa shape index (κ2) is 11.0. The van der Waals surface area contributed by atoms with Crippen molar-refractivity contribution in [3.8, 4) is 23.0 Å². The lowest BCUT2D eigenvalue weighted by Gasteiger charge is -2.15. The minimum absolute atomic E-state index is 0.000480. The molecule has 9 nitrogen and oxygen atoms in total. The lowest BCUT2D eigenvalue weighted by atomic mass is 10.1. The summed E-state index contributed by atoms with van der Waals surface area (Å²) in [5, 5.41) is -0.0384. The van der Waals surface area contributed by atoms with Gasteiger partial charge in [0.1, 0.15) is 0 Å². The number of fused-ring (bicyclic) bond motifs is 1. The van der Waals surface area contributed by atoms with E-state index in [1.54, 1.807) is 30.3 Å². The minimum atomic E-state index is -0.524. The van der Waals surface area contributed by atoms with Crippen molar-refractivity contribution in [2.75, 3.05) is 27.1 Å². The molecule has 0 unspecified atom stereocenters. The van der Waals surface area contributed by atoms with Gasteiger partial charge in [0.15, 0.2) is 29.6 Å². The summed E-state index contributed by atoms with van der Waals surface area (Å²) in [7, 11) is 1.27. The van der Waals surface area contributed by atoms with E-state index >= 15 is 0 Å². The van der Waals surface area contributed by atoms with Crippen molar-refractivity contribution in [1.29, 1.82) is 0 Å². The molecule has 35 heavy (non-hydrogen) atoms. The Kier molecular flexibility index (Phi) is 7.97. The number of carbonyl (C=O) groups excluding carboxylic acids is 3. The van der Waals surface area contributed by atoms with Gasteiger partial charge in [-0.3, -0.25) is 14.5 Å². The highest BCUT2D eigenvalue weighted by Crippen LogP contribution is 2.40. The fourth-order valence-electron chi connectivity index (χ4n) is 3.30. The van der Waals surface area contributed by atoms with Crippen LogP contribution in [0.3, 0.4) is 0 Å². The molecule has 2 aliphatic heterocycles. The Morgan fingerprint density at radius 3 is 2.66 bits per heavy atom. The maximum absolute atomic E-state index is 13.1. The summed E-state index contributed by atoms with van der Waals surface area (Å²) in [6.45, 7) is 2.00. The van der Waals surface area contributed by atoms with Crippen molar-refractivity contribution in [2.45, 2.75) is 13.5 Å². The number of hydrogen-bond donors (Lipinski definition) is 0. The highest BCUT2D eigenvalue weighted by Gasteiger charge is 2.36. The molecular formula is C23H19ClINO8S. The van der Waals surface area contributed by atoms with Gasteiger partial charge in [0.25, 0.3) is 11.1 Å². The number of carbonyl (C=O) groups is 3. The van der Waals surface area contributed by atoms with Crippen molar-refractivity contribution in [2.24, 2.45) is 0 Å². The quantitative estimate of drug-likeness (QED) is 0.230. The molecule has 184 valence electrons. The standard InChI is InChI=1S/C23H19ClINO8S/c1-3-31-18-5-12(4-15(25)21(18)32-10-20(27)30-2)6-19-22(28)26(23(29)35-19)9-13-7-16-17(8-14(13)24)34-11-33-16/h4-8H,3,9-11H2,1-2H3/b19-6+. The summed E-state index contributed by atoms with van der Waals surface area (Å²) in [5.74, 6) is 0.865. The Balaban J connectivity index is 1.56. The van der Waals surface area contributed by atoms with Gasteiger partial charge in [0, 0.05) is 11.1 Å². The maximum Gasteiger partial charge on any atom is 0.343 e. The lowest BCUT2D eigenvalue weighted by molar-refractivity contribution is -0.143. The van der Waals surface area contributed by atoms with E-state index in [0.717, 1.165) is 16.7 Å². The van der Waals surface area contributed by atoms with Gasteiger partial charge in [-0.25, -0.2) is 4.79 Å². The van der Waals surface area contributed by atoms with Gasteiger partial charge >= 0.3 is 5.97 Å². The number of nitrogens with zero attached hydrogens (tertiary/aromatic N) is 1. The highest BCUT2D eigenvalue weighted by atomic mass is 127. The average molecular weight is 632 g/mol. The van der Waals surface area contributed by atoms with E-state index in [2.05, 4.69) is 27.3 Å². The number of ether oxygens (including phenoxy) is 5. The largest absolute Gasteiger partial charge is 0.490 e. The number of benzene rings is 2. The zero-order valence-corrected chi connectivity index (χ0v) is 22.3. The Bertz CT molecular complexity index is 1230. The van der Waals surface area contributed by atoms with E-state index in [0.29, 0.717) is 49.3 Å². The Hall–Kier alpha value is -2.64. The van der Waals surface area contributed by atoms with E-state index in [1.807, 2.05) is 6.92 Å². The molecule has 2 amide bonds. The van der Waals surface area contributed by atoms with Crippen LogP contribution in [0.15, 0.2) is 29.2 Å². The van der Waals surface area contributed by atoms with Crippen molar-refractivity contribution < 1.29 is 38.1 Å². The fourth-order valence-corrected chi connectivity index (χ4v) is 5.14.